The Bertz CT molecular complexity index is 366. The fourth-order valence-electron chi connectivity index (χ4n) is 1.52. The average molecular weight is 232 g/mol. The summed E-state index contributed by atoms with van der Waals surface area (Å²) in [4.78, 5) is 11.7. The molecule has 0 spiro atoms. The number of hydrogen-bond acceptors (Lipinski definition) is 2. The van der Waals surface area contributed by atoms with E-state index < -0.39 is 0 Å². The first-order valence-corrected chi connectivity index (χ1v) is 6.18. The molecule has 1 aromatic carbocycles. The van der Waals surface area contributed by atoms with E-state index in [1.807, 2.05) is 31.2 Å². The minimum Gasteiger partial charge on any atom is -0.428 e. The van der Waals surface area contributed by atoms with Gasteiger partial charge in [0.05, 0.1) is 5.56 Å². The van der Waals surface area contributed by atoms with E-state index in [2.05, 4.69) is 6.92 Å². The van der Waals surface area contributed by atoms with Crippen LogP contribution < -0.4 is 0 Å². The van der Waals surface area contributed by atoms with Crippen molar-refractivity contribution in [2.75, 3.05) is 0 Å². The molecule has 0 aliphatic carbocycles. The molecule has 1 rings (SSSR count). The van der Waals surface area contributed by atoms with Gasteiger partial charge in [-0.3, -0.25) is 0 Å². The molecule has 0 aromatic heterocycles. The maximum absolute atomic E-state index is 11.7. The molecule has 0 radical (unpaired) electrons. The van der Waals surface area contributed by atoms with Crippen LogP contribution >= 0.6 is 0 Å². The number of rotatable bonds is 6. The second-order valence-electron chi connectivity index (χ2n) is 4.07. The Morgan fingerprint density at radius 1 is 1.24 bits per heavy atom. The van der Waals surface area contributed by atoms with E-state index in [1.165, 1.54) is 12.8 Å². The largest absolute Gasteiger partial charge is 0.428 e. The van der Waals surface area contributed by atoms with Crippen LogP contribution in [0.2, 0.25) is 0 Å². The predicted molar refractivity (Wildman–Crippen MR) is 69.8 cm³/mol. The number of esters is 1. The van der Waals surface area contributed by atoms with Crippen molar-refractivity contribution in [3.05, 3.63) is 47.7 Å². The maximum Gasteiger partial charge on any atom is 0.343 e. The van der Waals surface area contributed by atoms with Gasteiger partial charge < -0.3 is 4.74 Å². The number of allylic oxidation sites excluding steroid dienone is 2. The highest BCUT2D eigenvalue weighted by atomic mass is 16.5. The summed E-state index contributed by atoms with van der Waals surface area (Å²) in [5.74, 6) is 0.407. The zero-order chi connectivity index (χ0) is 12.5. The van der Waals surface area contributed by atoms with Gasteiger partial charge in [0, 0.05) is 0 Å². The lowest BCUT2D eigenvalue weighted by atomic mass is 10.2. The summed E-state index contributed by atoms with van der Waals surface area (Å²) in [5.41, 5.74) is 0.591. The fourth-order valence-corrected chi connectivity index (χ4v) is 1.52. The van der Waals surface area contributed by atoms with Crippen LogP contribution in [-0.4, -0.2) is 5.97 Å². The normalized spacial score (nSPS) is 11.3. The number of carbonyl (C=O) groups excluding carboxylic acids is 1. The van der Waals surface area contributed by atoms with Crippen molar-refractivity contribution >= 4 is 5.97 Å². The predicted octanol–water partition coefficient (Wildman–Crippen LogP) is 4.33. The summed E-state index contributed by atoms with van der Waals surface area (Å²) in [6.07, 6.45) is 6.53. The third kappa shape index (κ3) is 5.34. The van der Waals surface area contributed by atoms with Crippen LogP contribution in [0.25, 0.3) is 0 Å². The van der Waals surface area contributed by atoms with Gasteiger partial charge in [-0.15, -0.1) is 0 Å². The molecule has 92 valence electrons. The molecule has 0 atom stereocenters. The van der Waals surface area contributed by atoms with Crippen LogP contribution in [0.15, 0.2) is 42.2 Å². The Hall–Kier alpha value is -1.57. The molecule has 0 fully saturated rings. The number of benzene rings is 1. The summed E-state index contributed by atoms with van der Waals surface area (Å²) < 4.78 is 5.24. The minimum atomic E-state index is -0.283. The molecule has 0 heterocycles. The monoisotopic (exact) mass is 232 g/mol. The van der Waals surface area contributed by atoms with Gasteiger partial charge in [0.25, 0.3) is 0 Å². The van der Waals surface area contributed by atoms with Gasteiger partial charge in [-0.2, -0.15) is 0 Å². The van der Waals surface area contributed by atoms with Crippen LogP contribution in [-0.2, 0) is 4.74 Å². The Kier molecular flexibility index (Phi) is 6.08. The van der Waals surface area contributed by atoms with E-state index in [9.17, 15) is 4.79 Å². The lowest BCUT2D eigenvalue weighted by Gasteiger charge is -2.04. The van der Waals surface area contributed by atoms with E-state index in [0.717, 1.165) is 12.8 Å². The van der Waals surface area contributed by atoms with Gasteiger partial charge >= 0.3 is 5.97 Å². The van der Waals surface area contributed by atoms with Crippen molar-refractivity contribution < 1.29 is 9.53 Å². The molecule has 0 aliphatic heterocycles. The van der Waals surface area contributed by atoms with E-state index in [-0.39, 0.29) is 5.97 Å². The highest BCUT2D eigenvalue weighted by molar-refractivity contribution is 5.89. The number of unbranched alkanes of at least 4 members (excludes halogenated alkanes) is 3. The number of hydrogen-bond donors (Lipinski definition) is 0. The molecule has 1 aromatic rings. The number of carbonyl (C=O) groups is 1. The summed E-state index contributed by atoms with van der Waals surface area (Å²) in [6.45, 7) is 4.00. The lowest BCUT2D eigenvalue weighted by molar-refractivity contribution is 0.0625. The lowest BCUT2D eigenvalue weighted by Crippen LogP contribution is -2.03. The fraction of sp³-hybridized carbons (Fsp3) is 0.400. The van der Waals surface area contributed by atoms with Crippen LogP contribution in [0, 0.1) is 0 Å². The standard InChI is InChI=1S/C15H20O2/c1-3-4-5-7-10-13(2)17-15(16)14-11-8-6-9-12-14/h6,8-12H,3-5,7H2,1-2H3/b13-10+. The number of ether oxygens (including phenoxy) is 1. The summed E-state index contributed by atoms with van der Waals surface area (Å²) in [6, 6.07) is 9.05. The molecular formula is C15H20O2. The van der Waals surface area contributed by atoms with Crippen molar-refractivity contribution in [2.45, 2.75) is 39.5 Å². The molecule has 0 aliphatic rings. The van der Waals surface area contributed by atoms with Gasteiger partial charge in [-0.05, 0) is 38.0 Å². The van der Waals surface area contributed by atoms with Gasteiger partial charge in [-0.25, -0.2) is 4.79 Å². The molecule has 0 bridgehead atoms. The van der Waals surface area contributed by atoms with Crippen LogP contribution in [0.4, 0.5) is 0 Å². The zero-order valence-electron chi connectivity index (χ0n) is 10.6. The summed E-state index contributed by atoms with van der Waals surface area (Å²) in [5, 5.41) is 0. The van der Waals surface area contributed by atoms with Crippen molar-refractivity contribution in [1.29, 1.82) is 0 Å². The van der Waals surface area contributed by atoms with Crippen molar-refractivity contribution in [3.63, 3.8) is 0 Å². The topological polar surface area (TPSA) is 26.3 Å². The van der Waals surface area contributed by atoms with E-state index in [1.54, 1.807) is 12.1 Å². The molecular weight excluding hydrogens is 212 g/mol. The van der Waals surface area contributed by atoms with Crippen molar-refractivity contribution in [3.8, 4) is 0 Å². The quantitative estimate of drug-likeness (QED) is 0.414. The second kappa shape index (κ2) is 7.66. The van der Waals surface area contributed by atoms with E-state index in [4.69, 9.17) is 4.74 Å². The van der Waals surface area contributed by atoms with Crippen molar-refractivity contribution in [2.24, 2.45) is 0 Å². The summed E-state index contributed by atoms with van der Waals surface area (Å²) in [7, 11) is 0. The molecule has 2 heteroatoms. The first kappa shape index (κ1) is 13.5. The first-order valence-electron chi connectivity index (χ1n) is 6.18. The van der Waals surface area contributed by atoms with Crippen LogP contribution in [0.3, 0.4) is 0 Å². The molecule has 0 amide bonds. The smallest absolute Gasteiger partial charge is 0.343 e. The van der Waals surface area contributed by atoms with Gasteiger partial charge in [0.2, 0.25) is 0 Å². The Labute approximate surface area is 103 Å². The highest BCUT2D eigenvalue weighted by Crippen LogP contribution is 2.08. The molecule has 0 N–H and O–H groups in total. The van der Waals surface area contributed by atoms with Crippen molar-refractivity contribution in [1.82, 2.24) is 0 Å². The molecule has 0 unspecified atom stereocenters. The highest BCUT2D eigenvalue weighted by Gasteiger charge is 2.06. The van der Waals surface area contributed by atoms with Crippen LogP contribution in [0.1, 0.15) is 49.9 Å². The molecule has 0 saturated heterocycles. The second-order valence-corrected chi connectivity index (χ2v) is 4.07. The maximum atomic E-state index is 11.7. The van der Waals surface area contributed by atoms with Crippen LogP contribution in [0.5, 0.6) is 0 Å². The Morgan fingerprint density at radius 2 is 1.94 bits per heavy atom. The molecule has 2 nitrogen and oxygen atoms in total. The van der Waals surface area contributed by atoms with Gasteiger partial charge in [0.15, 0.2) is 0 Å². The third-order valence-electron chi connectivity index (χ3n) is 2.50. The first-order chi connectivity index (χ1) is 8.24. The SMILES string of the molecule is CCCCC/C=C(\C)OC(=O)c1ccccc1. The minimum absolute atomic E-state index is 0.283. The van der Waals surface area contributed by atoms with E-state index >= 15 is 0 Å². The van der Waals surface area contributed by atoms with Gasteiger partial charge in [0.1, 0.15) is 5.76 Å². The molecule has 0 saturated carbocycles. The van der Waals surface area contributed by atoms with E-state index in [0.29, 0.717) is 11.3 Å². The summed E-state index contributed by atoms with van der Waals surface area (Å²) >= 11 is 0. The average Bonchev–Trinajstić information content (AvgIpc) is 2.36. The third-order valence-corrected chi connectivity index (χ3v) is 2.50. The Balaban J connectivity index is 2.40. The zero-order valence-corrected chi connectivity index (χ0v) is 10.6. The Morgan fingerprint density at radius 3 is 2.59 bits per heavy atom. The van der Waals surface area contributed by atoms with Gasteiger partial charge in [-0.1, -0.05) is 38.0 Å². The molecule has 17 heavy (non-hydrogen) atoms.